The van der Waals surface area contributed by atoms with Crippen molar-refractivity contribution < 1.29 is 17.9 Å². The lowest BCUT2D eigenvalue weighted by Gasteiger charge is -2.26. The molecule has 0 aliphatic carbocycles. The minimum absolute atomic E-state index is 0.0323. The summed E-state index contributed by atoms with van der Waals surface area (Å²) in [6.45, 7) is 0.501. The number of aromatic nitrogens is 1. The highest BCUT2D eigenvalue weighted by molar-refractivity contribution is 7.91. The molecule has 24 heavy (non-hydrogen) atoms. The fourth-order valence-electron chi connectivity index (χ4n) is 2.57. The summed E-state index contributed by atoms with van der Waals surface area (Å²) in [4.78, 5) is 18.4. The van der Waals surface area contributed by atoms with E-state index < -0.39 is 9.84 Å². The number of carbonyl (C=O) groups is 1. The zero-order valence-corrected chi connectivity index (χ0v) is 14.1. The van der Waals surface area contributed by atoms with Gasteiger partial charge in [-0.05, 0) is 18.2 Å². The van der Waals surface area contributed by atoms with Crippen LogP contribution in [0.5, 0.6) is 5.88 Å². The summed E-state index contributed by atoms with van der Waals surface area (Å²) in [7, 11) is -1.43. The van der Waals surface area contributed by atoms with Gasteiger partial charge in [0.05, 0.1) is 24.3 Å². The minimum atomic E-state index is -2.99. The molecule has 0 spiro atoms. The van der Waals surface area contributed by atoms with Crippen LogP contribution in [-0.2, 0) is 9.84 Å². The van der Waals surface area contributed by atoms with Crippen LogP contribution < -0.4 is 4.74 Å². The van der Waals surface area contributed by atoms with Crippen molar-refractivity contribution >= 4 is 15.7 Å². The van der Waals surface area contributed by atoms with E-state index in [0.717, 1.165) is 11.3 Å². The summed E-state index contributed by atoms with van der Waals surface area (Å²) >= 11 is 0. The van der Waals surface area contributed by atoms with E-state index in [-0.39, 0.29) is 30.5 Å². The molecule has 0 atom stereocenters. The molecular formula is C17H18N2O4S. The number of benzene rings is 1. The zero-order valence-electron chi connectivity index (χ0n) is 13.3. The lowest BCUT2D eigenvalue weighted by molar-refractivity contribution is 0.0770. The van der Waals surface area contributed by atoms with Gasteiger partial charge in [-0.15, -0.1) is 0 Å². The Morgan fingerprint density at radius 3 is 2.38 bits per heavy atom. The molecular weight excluding hydrogens is 328 g/mol. The number of hydrogen-bond donors (Lipinski definition) is 0. The molecule has 0 N–H and O–H groups in total. The Bertz CT molecular complexity index is 833. The molecule has 1 saturated heterocycles. The van der Waals surface area contributed by atoms with E-state index >= 15 is 0 Å². The lowest BCUT2D eigenvalue weighted by atomic mass is 10.1. The second-order valence-electron chi connectivity index (χ2n) is 5.59. The van der Waals surface area contributed by atoms with Crippen molar-refractivity contribution in [2.45, 2.75) is 0 Å². The fourth-order valence-corrected chi connectivity index (χ4v) is 3.77. The average Bonchev–Trinajstić information content (AvgIpc) is 2.61. The minimum Gasteiger partial charge on any atom is -0.481 e. The summed E-state index contributed by atoms with van der Waals surface area (Å²) < 4.78 is 28.0. The number of pyridine rings is 1. The summed E-state index contributed by atoms with van der Waals surface area (Å²) in [5.41, 5.74) is 2.19. The number of sulfone groups is 1. The van der Waals surface area contributed by atoms with Gasteiger partial charge in [0, 0.05) is 30.3 Å². The first-order chi connectivity index (χ1) is 11.5. The standard InChI is InChI=1S/C17H18N2O4S/c1-23-16-4-2-3-15(18-16)13-5-7-14(8-6-13)17(20)19-9-11-24(21,22)12-10-19/h2-8H,9-12H2,1H3. The van der Waals surface area contributed by atoms with Crippen LogP contribution in [0.2, 0.25) is 0 Å². The number of ether oxygens (including phenoxy) is 1. The van der Waals surface area contributed by atoms with Gasteiger partial charge in [0.15, 0.2) is 9.84 Å². The highest BCUT2D eigenvalue weighted by Crippen LogP contribution is 2.21. The van der Waals surface area contributed by atoms with Crippen molar-refractivity contribution in [3.63, 3.8) is 0 Å². The molecule has 1 amide bonds. The van der Waals surface area contributed by atoms with Gasteiger partial charge in [0.25, 0.3) is 5.91 Å². The number of methoxy groups -OCH3 is 1. The maximum atomic E-state index is 12.5. The average molecular weight is 346 g/mol. The largest absolute Gasteiger partial charge is 0.481 e. The van der Waals surface area contributed by atoms with Crippen LogP contribution in [0.3, 0.4) is 0 Å². The van der Waals surface area contributed by atoms with Gasteiger partial charge in [-0.1, -0.05) is 18.2 Å². The highest BCUT2D eigenvalue weighted by Gasteiger charge is 2.25. The maximum absolute atomic E-state index is 12.5. The summed E-state index contributed by atoms with van der Waals surface area (Å²) in [6, 6.07) is 12.6. The summed E-state index contributed by atoms with van der Waals surface area (Å²) in [5.74, 6) is 0.451. The molecule has 2 heterocycles. The smallest absolute Gasteiger partial charge is 0.253 e. The van der Waals surface area contributed by atoms with Gasteiger partial charge in [-0.2, -0.15) is 0 Å². The number of amides is 1. The third-order valence-corrected chi connectivity index (χ3v) is 5.60. The summed E-state index contributed by atoms with van der Waals surface area (Å²) in [6.07, 6.45) is 0. The lowest BCUT2D eigenvalue weighted by Crippen LogP contribution is -2.43. The Morgan fingerprint density at radius 2 is 1.75 bits per heavy atom. The number of hydrogen-bond acceptors (Lipinski definition) is 5. The van der Waals surface area contributed by atoms with E-state index in [4.69, 9.17) is 4.74 Å². The third-order valence-electron chi connectivity index (χ3n) is 3.99. The van der Waals surface area contributed by atoms with Crippen molar-refractivity contribution in [2.75, 3.05) is 31.7 Å². The Morgan fingerprint density at radius 1 is 1.08 bits per heavy atom. The number of rotatable bonds is 3. The summed E-state index contributed by atoms with van der Waals surface area (Å²) in [5, 5.41) is 0. The quantitative estimate of drug-likeness (QED) is 0.844. The Balaban J connectivity index is 1.75. The number of carbonyl (C=O) groups excluding carboxylic acids is 1. The molecule has 2 aromatic rings. The number of nitrogens with zero attached hydrogens (tertiary/aromatic N) is 2. The monoisotopic (exact) mass is 346 g/mol. The van der Waals surface area contributed by atoms with E-state index in [9.17, 15) is 13.2 Å². The van der Waals surface area contributed by atoms with Crippen molar-refractivity contribution in [3.8, 4) is 17.1 Å². The van der Waals surface area contributed by atoms with E-state index in [1.807, 2.05) is 24.3 Å². The van der Waals surface area contributed by atoms with Crippen LogP contribution in [0.15, 0.2) is 42.5 Å². The van der Waals surface area contributed by atoms with Gasteiger partial charge >= 0.3 is 0 Å². The van der Waals surface area contributed by atoms with Crippen molar-refractivity contribution in [1.29, 1.82) is 0 Å². The van der Waals surface area contributed by atoms with E-state index in [0.29, 0.717) is 11.4 Å². The van der Waals surface area contributed by atoms with Crippen LogP contribution in [0, 0.1) is 0 Å². The Hall–Kier alpha value is -2.41. The predicted molar refractivity (Wildman–Crippen MR) is 90.8 cm³/mol. The zero-order chi connectivity index (χ0) is 17.2. The Kier molecular flexibility index (Phi) is 4.53. The van der Waals surface area contributed by atoms with Gasteiger partial charge < -0.3 is 9.64 Å². The molecule has 0 radical (unpaired) electrons. The molecule has 6 nitrogen and oxygen atoms in total. The third kappa shape index (κ3) is 3.56. The molecule has 0 saturated carbocycles. The van der Waals surface area contributed by atoms with Crippen LogP contribution in [0.25, 0.3) is 11.3 Å². The van der Waals surface area contributed by atoms with Crippen molar-refractivity contribution in [2.24, 2.45) is 0 Å². The van der Waals surface area contributed by atoms with Crippen LogP contribution in [0.4, 0.5) is 0 Å². The highest BCUT2D eigenvalue weighted by atomic mass is 32.2. The Labute approximate surface area is 141 Å². The predicted octanol–water partition coefficient (Wildman–Crippen LogP) is 1.63. The molecule has 3 rings (SSSR count). The van der Waals surface area contributed by atoms with E-state index in [1.165, 1.54) is 0 Å². The molecule has 7 heteroatoms. The second-order valence-corrected chi connectivity index (χ2v) is 7.89. The van der Waals surface area contributed by atoms with E-state index in [1.54, 1.807) is 30.2 Å². The van der Waals surface area contributed by atoms with Gasteiger partial charge in [-0.3, -0.25) is 4.79 Å². The fraction of sp³-hybridized carbons (Fsp3) is 0.294. The van der Waals surface area contributed by atoms with Gasteiger partial charge in [0.2, 0.25) is 5.88 Å². The normalized spacial score (nSPS) is 16.6. The first-order valence-corrected chi connectivity index (χ1v) is 9.42. The van der Waals surface area contributed by atoms with Crippen LogP contribution >= 0.6 is 0 Å². The molecule has 1 aromatic carbocycles. The van der Waals surface area contributed by atoms with Crippen LogP contribution in [-0.4, -0.2) is 55.9 Å². The van der Waals surface area contributed by atoms with E-state index in [2.05, 4.69) is 4.98 Å². The maximum Gasteiger partial charge on any atom is 0.253 e. The first-order valence-electron chi connectivity index (χ1n) is 7.60. The van der Waals surface area contributed by atoms with Crippen molar-refractivity contribution in [3.05, 3.63) is 48.0 Å². The topological polar surface area (TPSA) is 76.6 Å². The van der Waals surface area contributed by atoms with Crippen molar-refractivity contribution in [1.82, 2.24) is 9.88 Å². The molecule has 1 aromatic heterocycles. The molecule has 126 valence electrons. The molecule has 1 aliphatic rings. The van der Waals surface area contributed by atoms with Crippen LogP contribution in [0.1, 0.15) is 10.4 Å². The van der Waals surface area contributed by atoms with Gasteiger partial charge in [-0.25, -0.2) is 13.4 Å². The first kappa shape index (κ1) is 16.4. The second kappa shape index (κ2) is 6.60. The molecule has 1 fully saturated rings. The molecule has 0 unspecified atom stereocenters. The van der Waals surface area contributed by atoms with Gasteiger partial charge in [0.1, 0.15) is 0 Å². The SMILES string of the molecule is COc1cccc(-c2ccc(C(=O)N3CCS(=O)(=O)CC3)cc2)n1. The molecule has 1 aliphatic heterocycles. The molecule has 0 bridgehead atoms.